The molecule has 0 fully saturated rings. The number of hydrazone groups is 1. The highest BCUT2D eigenvalue weighted by Crippen LogP contribution is 2.13. The van der Waals surface area contributed by atoms with Crippen LogP contribution in [0.4, 0.5) is 5.69 Å². The normalized spacial score (nSPS) is 11.2. The van der Waals surface area contributed by atoms with Crippen molar-refractivity contribution in [2.75, 3.05) is 12.5 Å². The van der Waals surface area contributed by atoms with Crippen LogP contribution in [-0.4, -0.2) is 12.5 Å². The lowest BCUT2D eigenvalue weighted by Gasteiger charge is -2.00. The first-order chi connectivity index (χ1) is 6.22. The third kappa shape index (κ3) is 3.65. The molecule has 0 aliphatic carbocycles. The number of hydrogen-bond donors (Lipinski definition) is 1. The highest BCUT2D eigenvalue weighted by molar-refractivity contribution is 9.10. The number of benzene rings is 1. The number of hydrogen-bond acceptors (Lipinski definition) is 3. The van der Waals surface area contributed by atoms with Crippen LogP contribution >= 0.6 is 27.5 Å². The van der Waals surface area contributed by atoms with Crippen molar-refractivity contribution in [1.29, 1.82) is 0 Å². The van der Waals surface area contributed by atoms with Gasteiger partial charge in [-0.1, -0.05) is 15.9 Å². The summed E-state index contributed by atoms with van der Waals surface area (Å²) in [5.74, 6) is 0. The minimum absolute atomic E-state index is 0.0721. The summed E-state index contributed by atoms with van der Waals surface area (Å²) in [6.07, 6.45) is 0. The van der Waals surface area contributed by atoms with Gasteiger partial charge in [0.15, 0.2) is 0 Å². The first-order valence-corrected chi connectivity index (χ1v) is 4.68. The number of ether oxygens (including phenoxy) is 1. The van der Waals surface area contributed by atoms with Crippen molar-refractivity contribution in [3.8, 4) is 0 Å². The van der Waals surface area contributed by atoms with Gasteiger partial charge in [-0.2, -0.15) is 0 Å². The van der Waals surface area contributed by atoms with Crippen molar-refractivity contribution in [2.45, 2.75) is 0 Å². The summed E-state index contributed by atoms with van der Waals surface area (Å²) in [5, 5.41) is 3.81. The summed E-state index contributed by atoms with van der Waals surface area (Å²) in [6, 6.07) is 7.54. The van der Waals surface area contributed by atoms with E-state index in [1.54, 1.807) is 0 Å². The largest absolute Gasteiger partial charge is 0.471 e. The predicted molar refractivity (Wildman–Crippen MR) is 58.1 cm³/mol. The second-order valence-corrected chi connectivity index (χ2v) is 3.43. The predicted octanol–water partition coefficient (Wildman–Crippen LogP) is 3.02. The van der Waals surface area contributed by atoms with E-state index in [0.29, 0.717) is 0 Å². The monoisotopic (exact) mass is 262 g/mol. The number of methoxy groups -OCH3 is 1. The Morgan fingerprint density at radius 1 is 1.46 bits per heavy atom. The molecule has 1 rings (SSSR count). The van der Waals surface area contributed by atoms with Gasteiger partial charge in [0.1, 0.15) is 0 Å². The van der Waals surface area contributed by atoms with Crippen LogP contribution < -0.4 is 5.43 Å². The Bertz CT molecular complexity index is 300. The van der Waals surface area contributed by atoms with Gasteiger partial charge >= 0.3 is 5.36 Å². The lowest BCUT2D eigenvalue weighted by Crippen LogP contribution is -1.96. The summed E-state index contributed by atoms with van der Waals surface area (Å²) in [6.45, 7) is 0. The molecular weight excluding hydrogens is 255 g/mol. The molecule has 70 valence electrons. The van der Waals surface area contributed by atoms with Crippen LogP contribution in [0.15, 0.2) is 33.8 Å². The lowest BCUT2D eigenvalue weighted by molar-refractivity contribution is 0.414. The van der Waals surface area contributed by atoms with Crippen LogP contribution in [0.3, 0.4) is 0 Å². The van der Waals surface area contributed by atoms with Crippen LogP contribution in [0.5, 0.6) is 0 Å². The molecular formula is C8H8BrClN2O. The minimum Gasteiger partial charge on any atom is -0.471 e. The zero-order valence-electron chi connectivity index (χ0n) is 6.92. The number of anilines is 1. The second-order valence-electron chi connectivity index (χ2n) is 2.19. The van der Waals surface area contributed by atoms with E-state index in [0.717, 1.165) is 10.2 Å². The van der Waals surface area contributed by atoms with Crippen molar-refractivity contribution >= 4 is 38.6 Å². The molecule has 0 spiro atoms. The number of nitrogens with one attached hydrogen (secondary N) is 1. The van der Waals surface area contributed by atoms with Gasteiger partial charge in [0.2, 0.25) is 0 Å². The van der Waals surface area contributed by atoms with Gasteiger partial charge in [-0.15, -0.1) is 5.10 Å². The summed E-state index contributed by atoms with van der Waals surface area (Å²) in [4.78, 5) is 0. The molecule has 1 aromatic rings. The fourth-order valence-electron chi connectivity index (χ4n) is 0.679. The molecule has 0 aliphatic heterocycles. The Morgan fingerprint density at radius 2 is 2.08 bits per heavy atom. The Hall–Kier alpha value is -0.740. The van der Waals surface area contributed by atoms with E-state index >= 15 is 0 Å². The molecule has 0 atom stereocenters. The minimum atomic E-state index is 0.0721. The quantitative estimate of drug-likeness (QED) is 0.505. The van der Waals surface area contributed by atoms with Gasteiger partial charge in [0.25, 0.3) is 0 Å². The van der Waals surface area contributed by atoms with Crippen molar-refractivity contribution < 1.29 is 4.74 Å². The molecule has 1 N–H and O–H groups in total. The fourth-order valence-corrected chi connectivity index (χ4v) is 0.985. The average molecular weight is 264 g/mol. The number of halogens is 2. The van der Waals surface area contributed by atoms with Crippen molar-refractivity contribution in [1.82, 2.24) is 0 Å². The van der Waals surface area contributed by atoms with Crippen molar-refractivity contribution in [2.24, 2.45) is 5.10 Å². The highest BCUT2D eigenvalue weighted by atomic mass is 79.9. The van der Waals surface area contributed by atoms with Crippen LogP contribution in [0, 0.1) is 0 Å². The van der Waals surface area contributed by atoms with Crippen molar-refractivity contribution in [3.05, 3.63) is 28.7 Å². The first kappa shape index (κ1) is 10.3. The van der Waals surface area contributed by atoms with E-state index in [9.17, 15) is 0 Å². The Kier molecular flexibility index (Phi) is 4.05. The molecule has 3 nitrogen and oxygen atoms in total. The zero-order chi connectivity index (χ0) is 9.68. The van der Waals surface area contributed by atoms with E-state index < -0.39 is 0 Å². The van der Waals surface area contributed by atoms with E-state index in [2.05, 4.69) is 31.2 Å². The molecule has 1 aromatic carbocycles. The third-order valence-electron chi connectivity index (χ3n) is 1.29. The summed E-state index contributed by atoms with van der Waals surface area (Å²) >= 11 is 8.83. The molecule has 0 saturated carbocycles. The maximum atomic E-state index is 5.50. The van der Waals surface area contributed by atoms with Crippen molar-refractivity contribution in [3.63, 3.8) is 0 Å². The van der Waals surface area contributed by atoms with Crippen LogP contribution in [-0.2, 0) is 4.74 Å². The van der Waals surface area contributed by atoms with E-state index in [-0.39, 0.29) is 5.36 Å². The maximum absolute atomic E-state index is 5.50. The fraction of sp³-hybridized carbons (Fsp3) is 0.125. The zero-order valence-corrected chi connectivity index (χ0v) is 9.26. The molecule has 0 amide bonds. The molecule has 13 heavy (non-hydrogen) atoms. The van der Waals surface area contributed by atoms with Gasteiger partial charge < -0.3 is 4.74 Å². The summed E-state index contributed by atoms with van der Waals surface area (Å²) in [5.41, 5.74) is 3.58. The standard InChI is InChI=1S/C8H8BrClN2O/c1-13-8(10)12-11-7-4-2-6(9)3-5-7/h2-5,11H,1H3/b12-8-. The molecule has 0 bridgehead atoms. The molecule has 0 aromatic heterocycles. The Labute approximate surface area is 89.9 Å². The van der Waals surface area contributed by atoms with Crippen LogP contribution in [0.2, 0.25) is 0 Å². The molecule has 0 aliphatic rings. The van der Waals surface area contributed by atoms with Gasteiger partial charge in [-0.25, -0.2) is 0 Å². The number of rotatable bonds is 2. The topological polar surface area (TPSA) is 33.6 Å². The van der Waals surface area contributed by atoms with Gasteiger partial charge in [-0.05, 0) is 35.9 Å². The van der Waals surface area contributed by atoms with Gasteiger partial charge in [-0.3, -0.25) is 5.43 Å². The first-order valence-electron chi connectivity index (χ1n) is 3.51. The summed E-state index contributed by atoms with van der Waals surface area (Å²) in [7, 11) is 1.45. The third-order valence-corrected chi connectivity index (χ3v) is 2.05. The van der Waals surface area contributed by atoms with E-state index in [4.69, 9.17) is 11.6 Å². The second kappa shape index (κ2) is 5.09. The van der Waals surface area contributed by atoms with E-state index in [1.807, 2.05) is 24.3 Å². The SMILES string of the molecule is CO/C(Cl)=N\Nc1ccc(Br)cc1. The molecule has 0 heterocycles. The molecule has 0 saturated heterocycles. The van der Waals surface area contributed by atoms with Crippen LogP contribution in [0.1, 0.15) is 0 Å². The maximum Gasteiger partial charge on any atom is 0.303 e. The van der Waals surface area contributed by atoms with Crippen LogP contribution in [0.25, 0.3) is 0 Å². The number of nitrogens with zero attached hydrogens (tertiary/aromatic N) is 1. The van der Waals surface area contributed by atoms with Gasteiger partial charge in [0.05, 0.1) is 12.8 Å². The summed E-state index contributed by atoms with van der Waals surface area (Å²) < 4.78 is 5.65. The molecule has 5 heteroatoms. The average Bonchev–Trinajstić information content (AvgIpc) is 2.16. The van der Waals surface area contributed by atoms with E-state index in [1.165, 1.54) is 7.11 Å². The molecule has 0 unspecified atom stereocenters. The van der Waals surface area contributed by atoms with Gasteiger partial charge in [0, 0.05) is 4.47 Å². The Morgan fingerprint density at radius 3 is 2.62 bits per heavy atom. The molecule has 0 radical (unpaired) electrons. The Balaban J connectivity index is 2.60. The smallest absolute Gasteiger partial charge is 0.303 e. The highest BCUT2D eigenvalue weighted by Gasteiger charge is 1.91. The lowest BCUT2D eigenvalue weighted by atomic mass is 10.3.